The molecule has 144 valence electrons. The maximum atomic E-state index is 12.7. The molecule has 0 aliphatic rings. The van der Waals surface area contributed by atoms with Crippen molar-refractivity contribution in [1.29, 1.82) is 0 Å². The van der Waals surface area contributed by atoms with E-state index in [9.17, 15) is 4.79 Å². The van der Waals surface area contributed by atoms with Gasteiger partial charge in [-0.05, 0) is 24.1 Å². The van der Waals surface area contributed by atoms with Gasteiger partial charge in [-0.3, -0.25) is 9.78 Å². The maximum Gasteiger partial charge on any atom is 0.270 e. The molecule has 0 unspecified atom stereocenters. The number of pyridine rings is 1. The van der Waals surface area contributed by atoms with Crippen LogP contribution in [0.15, 0.2) is 60.9 Å². The summed E-state index contributed by atoms with van der Waals surface area (Å²) in [7, 11) is 0. The van der Waals surface area contributed by atoms with E-state index in [2.05, 4.69) is 32.5 Å². The minimum absolute atomic E-state index is 0.229. The Morgan fingerprint density at radius 3 is 2.54 bits per heavy atom. The zero-order chi connectivity index (χ0) is 19.6. The largest absolute Gasteiger partial charge is 0.370 e. The van der Waals surface area contributed by atoms with Gasteiger partial charge in [0.05, 0.1) is 0 Å². The van der Waals surface area contributed by atoms with E-state index in [1.807, 2.05) is 42.5 Å². The third-order valence-corrected chi connectivity index (χ3v) is 4.28. The molecule has 0 spiro atoms. The maximum absolute atomic E-state index is 12.7. The summed E-state index contributed by atoms with van der Waals surface area (Å²) in [6.07, 6.45) is 6.78. The Labute approximate surface area is 165 Å². The Balaban J connectivity index is 1.78. The van der Waals surface area contributed by atoms with Gasteiger partial charge in [0, 0.05) is 37.1 Å². The first-order valence-corrected chi connectivity index (χ1v) is 9.61. The molecule has 3 rings (SSSR count). The van der Waals surface area contributed by atoms with Gasteiger partial charge in [0.2, 0.25) is 0 Å². The third-order valence-electron chi connectivity index (χ3n) is 4.28. The van der Waals surface area contributed by atoms with Crippen LogP contribution in [0.2, 0.25) is 0 Å². The van der Waals surface area contributed by atoms with Gasteiger partial charge in [-0.2, -0.15) is 0 Å². The fourth-order valence-electron chi connectivity index (χ4n) is 2.74. The molecule has 1 aromatic carbocycles. The van der Waals surface area contributed by atoms with Gasteiger partial charge in [0.1, 0.15) is 11.5 Å². The Bertz CT molecular complexity index is 884. The molecule has 1 amide bonds. The van der Waals surface area contributed by atoms with Crippen LogP contribution in [-0.2, 0) is 6.54 Å². The lowest BCUT2D eigenvalue weighted by Crippen LogP contribution is -2.24. The molecule has 6 heteroatoms. The van der Waals surface area contributed by atoms with Crippen molar-refractivity contribution in [3.8, 4) is 11.4 Å². The molecule has 0 atom stereocenters. The second kappa shape index (κ2) is 10.2. The van der Waals surface area contributed by atoms with Crippen molar-refractivity contribution in [2.45, 2.75) is 32.7 Å². The molecule has 2 heterocycles. The van der Waals surface area contributed by atoms with E-state index in [-0.39, 0.29) is 5.91 Å². The molecule has 0 fully saturated rings. The van der Waals surface area contributed by atoms with Gasteiger partial charge >= 0.3 is 0 Å². The summed E-state index contributed by atoms with van der Waals surface area (Å²) in [5.74, 6) is 0.974. The number of unbranched alkanes of at least 4 members (excludes halogenated alkanes) is 2. The minimum Gasteiger partial charge on any atom is -0.370 e. The van der Waals surface area contributed by atoms with Crippen molar-refractivity contribution in [2.24, 2.45) is 0 Å². The zero-order valence-corrected chi connectivity index (χ0v) is 16.1. The number of carbonyl (C=O) groups excluding carboxylic acids is 1. The second-order valence-electron chi connectivity index (χ2n) is 6.50. The van der Waals surface area contributed by atoms with Gasteiger partial charge in [0.25, 0.3) is 5.91 Å². The van der Waals surface area contributed by atoms with E-state index >= 15 is 0 Å². The summed E-state index contributed by atoms with van der Waals surface area (Å²) in [5.41, 5.74) is 2.21. The van der Waals surface area contributed by atoms with Crippen LogP contribution in [0.1, 0.15) is 42.2 Å². The number of amides is 1. The summed E-state index contributed by atoms with van der Waals surface area (Å²) in [4.78, 5) is 25.7. The lowest BCUT2D eigenvalue weighted by Gasteiger charge is -2.11. The van der Waals surface area contributed by atoms with Crippen LogP contribution in [0.4, 0.5) is 5.82 Å². The number of hydrogen-bond donors (Lipinski definition) is 2. The normalized spacial score (nSPS) is 10.5. The van der Waals surface area contributed by atoms with E-state index in [0.717, 1.165) is 36.9 Å². The highest BCUT2D eigenvalue weighted by atomic mass is 16.1. The summed E-state index contributed by atoms with van der Waals surface area (Å²) in [6.45, 7) is 3.41. The van der Waals surface area contributed by atoms with Gasteiger partial charge in [-0.25, -0.2) is 9.97 Å². The molecular weight excluding hydrogens is 350 g/mol. The number of nitrogens with zero attached hydrogens (tertiary/aromatic N) is 3. The van der Waals surface area contributed by atoms with Crippen molar-refractivity contribution in [3.05, 3.63) is 72.2 Å². The summed E-state index contributed by atoms with van der Waals surface area (Å²) in [5, 5.41) is 6.23. The lowest BCUT2D eigenvalue weighted by atomic mass is 10.2. The molecule has 2 aromatic heterocycles. The first kappa shape index (κ1) is 19.5. The number of aromatic nitrogens is 3. The molecule has 0 bridgehead atoms. The average Bonchev–Trinajstić information content (AvgIpc) is 2.76. The van der Waals surface area contributed by atoms with Crippen molar-refractivity contribution >= 4 is 11.7 Å². The third kappa shape index (κ3) is 5.61. The van der Waals surface area contributed by atoms with Crippen LogP contribution >= 0.6 is 0 Å². The Kier molecular flexibility index (Phi) is 7.07. The first-order valence-electron chi connectivity index (χ1n) is 9.61. The minimum atomic E-state index is -0.229. The lowest BCUT2D eigenvalue weighted by molar-refractivity contribution is 0.0946. The van der Waals surface area contributed by atoms with E-state index in [4.69, 9.17) is 0 Å². The molecular formula is C22H25N5O. The van der Waals surface area contributed by atoms with Gasteiger partial charge in [-0.15, -0.1) is 0 Å². The number of rotatable bonds is 9. The van der Waals surface area contributed by atoms with Crippen LogP contribution in [0.5, 0.6) is 0 Å². The van der Waals surface area contributed by atoms with Crippen molar-refractivity contribution in [2.75, 3.05) is 11.9 Å². The fourth-order valence-corrected chi connectivity index (χ4v) is 2.74. The van der Waals surface area contributed by atoms with Gasteiger partial charge in [-0.1, -0.05) is 50.1 Å². The van der Waals surface area contributed by atoms with Gasteiger partial charge < -0.3 is 10.6 Å². The number of hydrogen-bond acceptors (Lipinski definition) is 5. The van der Waals surface area contributed by atoms with Crippen LogP contribution in [0.3, 0.4) is 0 Å². The molecule has 2 N–H and O–H groups in total. The molecule has 0 saturated carbocycles. The Hall–Kier alpha value is -3.28. The van der Waals surface area contributed by atoms with Crippen LogP contribution in [0.25, 0.3) is 11.4 Å². The van der Waals surface area contributed by atoms with Crippen LogP contribution in [0, 0.1) is 0 Å². The standard InChI is InChI=1S/C22H25N5O/c1-2-3-7-12-24-20-15-19(22(28)25-16-17-10-13-23-14-11-17)26-21(27-20)18-8-5-4-6-9-18/h4-6,8-11,13-15H,2-3,7,12,16H2,1H3,(H,25,28)(H,24,26,27). The van der Waals surface area contributed by atoms with E-state index in [1.54, 1.807) is 18.5 Å². The van der Waals surface area contributed by atoms with Crippen LogP contribution < -0.4 is 10.6 Å². The van der Waals surface area contributed by atoms with Gasteiger partial charge in [0.15, 0.2) is 5.82 Å². The highest BCUT2D eigenvalue weighted by molar-refractivity contribution is 5.93. The van der Waals surface area contributed by atoms with Crippen molar-refractivity contribution in [1.82, 2.24) is 20.3 Å². The number of carbonyl (C=O) groups is 1. The fraction of sp³-hybridized carbons (Fsp3) is 0.273. The smallest absolute Gasteiger partial charge is 0.270 e. The molecule has 3 aromatic rings. The summed E-state index contributed by atoms with van der Waals surface area (Å²) < 4.78 is 0. The second-order valence-corrected chi connectivity index (χ2v) is 6.50. The monoisotopic (exact) mass is 375 g/mol. The number of benzene rings is 1. The summed E-state index contributed by atoms with van der Waals surface area (Å²) >= 11 is 0. The highest BCUT2D eigenvalue weighted by Gasteiger charge is 2.13. The number of anilines is 1. The quantitative estimate of drug-likeness (QED) is 0.551. The predicted octanol–water partition coefficient (Wildman–Crippen LogP) is 4.07. The van der Waals surface area contributed by atoms with Crippen molar-refractivity contribution in [3.63, 3.8) is 0 Å². The van der Waals surface area contributed by atoms with Crippen molar-refractivity contribution < 1.29 is 4.79 Å². The van der Waals surface area contributed by atoms with Crippen LogP contribution in [-0.4, -0.2) is 27.4 Å². The molecule has 0 aliphatic heterocycles. The zero-order valence-electron chi connectivity index (χ0n) is 16.1. The topological polar surface area (TPSA) is 79.8 Å². The number of nitrogens with one attached hydrogen (secondary N) is 2. The highest BCUT2D eigenvalue weighted by Crippen LogP contribution is 2.18. The summed E-state index contributed by atoms with van der Waals surface area (Å²) in [6, 6.07) is 15.1. The Morgan fingerprint density at radius 1 is 1.00 bits per heavy atom. The molecule has 0 aliphatic carbocycles. The molecule has 0 radical (unpaired) electrons. The predicted molar refractivity (Wildman–Crippen MR) is 111 cm³/mol. The van der Waals surface area contributed by atoms with E-state index in [0.29, 0.717) is 23.9 Å². The first-order chi connectivity index (χ1) is 13.8. The average molecular weight is 375 g/mol. The molecule has 0 saturated heterocycles. The van der Waals surface area contributed by atoms with E-state index < -0.39 is 0 Å². The Morgan fingerprint density at radius 2 is 1.79 bits per heavy atom. The SMILES string of the molecule is CCCCCNc1cc(C(=O)NCc2ccncc2)nc(-c2ccccc2)n1. The van der Waals surface area contributed by atoms with E-state index in [1.165, 1.54) is 0 Å². The molecule has 6 nitrogen and oxygen atoms in total. The molecule has 28 heavy (non-hydrogen) atoms.